The minimum atomic E-state index is -2.88. The Morgan fingerprint density at radius 1 is 1.31 bits per heavy atom. The van der Waals surface area contributed by atoms with Crippen molar-refractivity contribution in [3.8, 4) is 17.0 Å². The number of hydrogen-bond donors (Lipinski definition) is 2. The van der Waals surface area contributed by atoms with Crippen LogP contribution in [0.1, 0.15) is 22.6 Å². The van der Waals surface area contributed by atoms with Gasteiger partial charge in [0.2, 0.25) is 0 Å². The first-order valence-corrected chi connectivity index (χ1v) is 9.38. The number of carbonyl (C=O) groups is 1. The number of carbonyl (C=O) groups excluding carboxylic acids is 1. The van der Waals surface area contributed by atoms with Gasteiger partial charge in [-0.1, -0.05) is 23.2 Å². The van der Waals surface area contributed by atoms with E-state index in [1.165, 1.54) is 12.1 Å². The summed E-state index contributed by atoms with van der Waals surface area (Å²) >= 11 is 12.1. The van der Waals surface area contributed by atoms with Gasteiger partial charge in [-0.2, -0.15) is 19.0 Å². The summed E-state index contributed by atoms with van der Waals surface area (Å²) in [5, 5.41) is 14.5. The van der Waals surface area contributed by atoms with E-state index in [1.54, 1.807) is 29.8 Å². The highest BCUT2D eigenvalue weighted by atomic mass is 35.5. The lowest BCUT2D eigenvalue weighted by Gasteiger charge is -2.05. The van der Waals surface area contributed by atoms with Gasteiger partial charge in [-0.15, -0.1) is 0 Å². The second-order valence-electron chi connectivity index (χ2n) is 6.09. The highest BCUT2D eigenvalue weighted by molar-refractivity contribution is 6.41. The van der Waals surface area contributed by atoms with Crippen LogP contribution in [0, 0.1) is 6.92 Å². The number of aryl methyl sites for hydroxylation is 2. The molecule has 2 N–H and O–H groups in total. The predicted molar refractivity (Wildman–Crippen MR) is 105 cm³/mol. The molecule has 3 rings (SSSR count). The number of nitrogens with one attached hydrogen (secondary N) is 2. The minimum Gasteiger partial charge on any atom is -0.435 e. The van der Waals surface area contributed by atoms with Crippen molar-refractivity contribution in [1.29, 1.82) is 0 Å². The van der Waals surface area contributed by atoms with Crippen LogP contribution in [0.25, 0.3) is 11.3 Å². The molecule has 1 aromatic carbocycles. The highest BCUT2D eigenvalue weighted by Crippen LogP contribution is 2.25. The van der Waals surface area contributed by atoms with E-state index in [9.17, 15) is 13.6 Å². The molecular formula is C18H17Cl2F2N5O2. The molecule has 2 aromatic heterocycles. The summed E-state index contributed by atoms with van der Waals surface area (Å²) in [6.07, 6.45) is 0.607. The number of rotatable bonds is 8. The van der Waals surface area contributed by atoms with Crippen LogP contribution in [-0.4, -0.2) is 39.0 Å². The van der Waals surface area contributed by atoms with Gasteiger partial charge in [0.1, 0.15) is 21.6 Å². The van der Waals surface area contributed by atoms with Gasteiger partial charge >= 0.3 is 6.61 Å². The van der Waals surface area contributed by atoms with E-state index in [2.05, 4.69) is 25.3 Å². The number of alkyl halides is 2. The summed E-state index contributed by atoms with van der Waals surface area (Å²) < 4.78 is 30.3. The molecule has 0 radical (unpaired) electrons. The van der Waals surface area contributed by atoms with Crippen molar-refractivity contribution >= 4 is 29.1 Å². The first kappa shape index (κ1) is 21.1. The number of benzene rings is 1. The lowest BCUT2D eigenvalue weighted by atomic mass is 10.1. The van der Waals surface area contributed by atoms with Crippen LogP contribution < -0.4 is 10.1 Å². The number of H-pyrrole nitrogens is 1. The molecule has 0 saturated heterocycles. The molecule has 0 aliphatic heterocycles. The summed E-state index contributed by atoms with van der Waals surface area (Å²) in [4.78, 5) is 12.2. The zero-order valence-electron chi connectivity index (χ0n) is 15.3. The Hall–Kier alpha value is -2.65. The van der Waals surface area contributed by atoms with Crippen molar-refractivity contribution in [2.75, 3.05) is 6.54 Å². The van der Waals surface area contributed by atoms with Gasteiger partial charge in [0.25, 0.3) is 5.91 Å². The highest BCUT2D eigenvalue weighted by Gasteiger charge is 2.13. The van der Waals surface area contributed by atoms with Crippen molar-refractivity contribution in [3.05, 3.63) is 51.9 Å². The van der Waals surface area contributed by atoms with E-state index in [0.717, 1.165) is 0 Å². The summed E-state index contributed by atoms with van der Waals surface area (Å²) in [6, 6.07) is 7.55. The Kier molecular flexibility index (Phi) is 6.71. The molecule has 7 nitrogen and oxygen atoms in total. The quantitative estimate of drug-likeness (QED) is 0.508. The Morgan fingerprint density at radius 2 is 2.03 bits per heavy atom. The lowest BCUT2D eigenvalue weighted by molar-refractivity contribution is -0.0498. The van der Waals surface area contributed by atoms with Gasteiger partial charge in [0.15, 0.2) is 0 Å². The minimum absolute atomic E-state index is 0.0472. The van der Waals surface area contributed by atoms with Gasteiger partial charge in [0.05, 0.1) is 11.4 Å². The number of aromatic nitrogens is 4. The molecule has 0 unspecified atom stereocenters. The molecule has 0 saturated carbocycles. The summed E-state index contributed by atoms with van der Waals surface area (Å²) in [5.41, 5.74) is 2.10. The van der Waals surface area contributed by atoms with Crippen molar-refractivity contribution in [2.24, 2.45) is 0 Å². The average Bonchev–Trinajstić information content (AvgIpc) is 3.27. The standard InChI is InChI=1S/C18H17Cl2F2N5O2/c1-10-15(19)16(20)27(26-10)8-2-7-23-17(28)14-9-13(24-25-14)11-3-5-12(6-4-11)29-18(21)22/h3-6,9,18H,2,7-8H2,1H3,(H,23,28)(H,24,25). The monoisotopic (exact) mass is 443 g/mol. The fourth-order valence-electron chi connectivity index (χ4n) is 2.60. The average molecular weight is 444 g/mol. The fraction of sp³-hybridized carbons (Fsp3) is 0.278. The summed E-state index contributed by atoms with van der Waals surface area (Å²) in [6.45, 7) is -0.207. The molecule has 1 amide bonds. The molecule has 29 heavy (non-hydrogen) atoms. The molecule has 0 aliphatic rings. The number of ether oxygens (including phenoxy) is 1. The van der Waals surface area contributed by atoms with Crippen LogP contribution in [0.3, 0.4) is 0 Å². The van der Waals surface area contributed by atoms with Crippen LogP contribution in [0.4, 0.5) is 8.78 Å². The summed E-state index contributed by atoms with van der Waals surface area (Å²) in [5.74, 6) is -0.270. The fourth-order valence-corrected chi connectivity index (χ4v) is 2.99. The largest absolute Gasteiger partial charge is 0.435 e. The van der Waals surface area contributed by atoms with Crippen LogP contribution in [0.2, 0.25) is 10.2 Å². The van der Waals surface area contributed by atoms with Crippen LogP contribution in [0.5, 0.6) is 5.75 Å². The Bertz CT molecular complexity index is 989. The molecule has 0 fully saturated rings. The maximum Gasteiger partial charge on any atom is 0.387 e. The second-order valence-corrected chi connectivity index (χ2v) is 6.83. The maximum absolute atomic E-state index is 12.2. The molecule has 2 heterocycles. The van der Waals surface area contributed by atoms with Crippen LogP contribution >= 0.6 is 23.2 Å². The van der Waals surface area contributed by atoms with Crippen molar-refractivity contribution in [1.82, 2.24) is 25.3 Å². The third-order valence-electron chi connectivity index (χ3n) is 4.03. The van der Waals surface area contributed by atoms with Gasteiger partial charge < -0.3 is 10.1 Å². The molecular weight excluding hydrogens is 427 g/mol. The first-order chi connectivity index (χ1) is 13.8. The van der Waals surface area contributed by atoms with E-state index in [0.29, 0.717) is 46.6 Å². The number of amides is 1. The van der Waals surface area contributed by atoms with E-state index >= 15 is 0 Å². The number of hydrogen-bond acceptors (Lipinski definition) is 4. The molecule has 0 spiro atoms. The molecule has 3 aromatic rings. The van der Waals surface area contributed by atoms with E-state index < -0.39 is 6.61 Å². The van der Waals surface area contributed by atoms with Gasteiger partial charge in [-0.3, -0.25) is 14.6 Å². The Balaban J connectivity index is 1.52. The number of aromatic amines is 1. The van der Waals surface area contributed by atoms with Crippen LogP contribution in [0.15, 0.2) is 30.3 Å². The van der Waals surface area contributed by atoms with Gasteiger partial charge in [0, 0.05) is 18.7 Å². The van der Waals surface area contributed by atoms with Crippen molar-refractivity contribution in [2.45, 2.75) is 26.5 Å². The Morgan fingerprint density at radius 3 is 2.66 bits per heavy atom. The van der Waals surface area contributed by atoms with Gasteiger partial charge in [-0.05, 0) is 43.7 Å². The topological polar surface area (TPSA) is 84.8 Å². The maximum atomic E-state index is 12.2. The van der Waals surface area contributed by atoms with Crippen molar-refractivity contribution in [3.63, 3.8) is 0 Å². The Labute approximate surface area is 175 Å². The van der Waals surface area contributed by atoms with E-state index in [-0.39, 0.29) is 17.4 Å². The molecule has 154 valence electrons. The van der Waals surface area contributed by atoms with Gasteiger partial charge in [-0.25, -0.2) is 0 Å². The third kappa shape index (κ3) is 5.24. The van der Waals surface area contributed by atoms with E-state index in [1.807, 2.05) is 0 Å². The predicted octanol–water partition coefficient (Wildman–Crippen LogP) is 4.31. The molecule has 0 atom stereocenters. The van der Waals surface area contributed by atoms with E-state index in [4.69, 9.17) is 23.2 Å². The van der Waals surface area contributed by atoms with Crippen LogP contribution in [-0.2, 0) is 6.54 Å². The zero-order valence-corrected chi connectivity index (χ0v) is 16.8. The smallest absolute Gasteiger partial charge is 0.387 e. The first-order valence-electron chi connectivity index (χ1n) is 8.62. The van der Waals surface area contributed by atoms with Crippen molar-refractivity contribution < 1.29 is 18.3 Å². The molecule has 0 aliphatic carbocycles. The molecule has 0 bridgehead atoms. The summed E-state index contributed by atoms with van der Waals surface area (Å²) in [7, 11) is 0. The lowest BCUT2D eigenvalue weighted by Crippen LogP contribution is -2.25. The number of nitrogens with zero attached hydrogens (tertiary/aromatic N) is 3. The molecule has 11 heteroatoms. The third-order valence-corrected chi connectivity index (χ3v) is 4.96. The SMILES string of the molecule is Cc1nn(CCCNC(=O)c2cc(-c3ccc(OC(F)F)cc3)n[nH]2)c(Cl)c1Cl. The zero-order chi connectivity index (χ0) is 21.0. The number of halogens is 4. The normalized spacial score (nSPS) is 11.1. The second kappa shape index (κ2) is 9.23.